The molecule has 0 saturated carbocycles. The fourth-order valence-corrected chi connectivity index (χ4v) is 14.5. The van der Waals surface area contributed by atoms with Crippen molar-refractivity contribution in [1.82, 2.24) is 0 Å². The minimum atomic E-state index is -3.90. The van der Waals surface area contributed by atoms with Crippen molar-refractivity contribution >= 4 is 16.9 Å². The van der Waals surface area contributed by atoms with Gasteiger partial charge in [0.15, 0.2) is 0 Å². The molecule has 0 aliphatic rings. The van der Waals surface area contributed by atoms with Crippen LogP contribution in [-0.4, -0.2) is 64.6 Å². The molecule has 0 aliphatic heterocycles. The van der Waals surface area contributed by atoms with Gasteiger partial charge in [-0.1, -0.05) is 0 Å². The molecule has 0 bridgehead atoms. The maximum absolute atomic E-state index is 13.7. The van der Waals surface area contributed by atoms with E-state index in [0.29, 0.717) is 19.0 Å². The Morgan fingerprint density at radius 2 is 1.21 bits per heavy atom. The third kappa shape index (κ3) is 10.1. The molecule has 0 amide bonds. The first-order valence-electron chi connectivity index (χ1n) is 13.2. The van der Waals surface area contributed by atoms with E-state index in [2.05, 4.69) is 27.7 Å². The number of hydrogen-bond acceptors (Lipinski definition) is 6. The van der Waals surface area contributed by atoms with Crippen LogP contribution >= 0.6 is 6.83 Å². The van der Waals surface area contributed by atoms with Crippen LogP contribution in [0.1, 0.15) is 79.1 Å². The Balaban J connectivity index is 3.21. The predicted molar refractivity (Wildman–Crippen MR) is 144 cm³/mol. The number of ether oxygens (including phenoxy) is 2. The average Bonchev–Trinajstić information content (AvgIpc) is 2.84. The van der Waals surface area contributed by atoms with Gasteiger partial charge in [0.25, 0.3) is 0 Å². The number of hydrogen-bond donors (Lipinski definition) is 1. The van der Waals surface area contributed by atoms with Crippen LogP contribution in [-0.2, 0) is 18.8 Å². The van der Waals surface area contributed by atoms with Crippen LogP contribution in [0.25, 0.3) is 0 Å². The van der Waals surface area contributed by atoms with Gasteiger partial charge in [-0.25, -0.2) is 0 Å². The van der Waals surface area contributed by atoms with Crippen molar-refractivity contribution in [3.05, 3.63) is 24.3 Å². The van der Waals surface area contributed by atoms with Crippen molar-refractivity contribution in [2.75, 3.05) is 51.1 Å². The van der Waals surface area contributed by atoms with Gasteiger partial charge in [-0.3, -0.25) is 0 Å². The zero-order chi connectivity index (χ0) is 25.4. The van der Waals surface area contributed by atoms with Gasteiger partial charge < -0.3 is 5.11 Å². The van der Waals surface area contributed by atoms with Gasteiger partial charge in [-0.2, -0.15) is 0 Å². The summed E-state index contributed by atoms with van der Waals surface area (Å²) in [4.78, 5) is 0.200. The number of unbranched alkanes of at least 4 members (excludes halogenated alkanes) is 4. The Hall–Kier alpha value is -0.720. The van der Waals surface area contributed by atoms with Crippen LogP contribution in [0.15, 0.2) is 29.2 Å². The summed E-state index contributed by atoms with van der Waals surface area (Å²) in [6.45, 7) is 6.69. The third-order valence-electron chi connectivity index (χ3n) is 6.46. The molecule has 8 heteroatoms. The number of benzene rings is 1. The molecule has 0 aliphatic carbocycles. The van der Waals surface area contributed by atoms with Gasteiger partial charge >= 0.3 is 204 Å². The fraction of sp³-hybridized carbons (Fsp3) is 0.769. The van der Waals surface area contributed by atoms with Crippen molar-refractivity contribution < 1.29 is 27.0 Å². The van der Waals surface area contributed by atoms with Gasteiger partial charge in [0, 0.05) is 0 Å². The standard InChI is InChI=1S/C26H49O6PS/c1-5-9-21-33(22-10-6-2,23-11-7-3,24-12-8-4)32-34(28,29)26-15-13-25(14-16-26)31-20-19-30-18-17-27/h13-16,27H,5-12,17-24H2,1-4H3. The molecule has 34 heavy (non-hydrogen) atoms. The summed E-state index contributed by atoms with van der Waals surface area (Å²) in [5.74, 6) is 0.581. The second kappa shape index (κ2) is 16.1. The summed E-state index contributed by atoms with van der Waals surface area (Å²) >= 11 is 0. The molecular formula is C26H49O6PS. The van der Waals surface area contributed by atoms with E-state index in [1.165, 1.54) is 0 Å². The first kappa shape index (κ1) is 31.3. The Bertz CT molecular complexity index is 722. The number of aliphatic hydroxyl groups is 1. The summed E-state index contributed by atoms with van der Waals surface area (Å²) in [5.41, 5.74) is 0. The quantitative estimate of drug-likeness (QED) is 0.148. The number of aliphatic hydroxyl groups excluding tert-OH is 1. The summed E-state index contributed by atoms with van der Waals surface area (Å²) in [6.07, 6.45) is 11.8. The molecule has 0 saturated heterocycles. The molecule has 0 radical (unpaired) electrons. The van der Waals surface area contributed by atoms with Crippen LogP contribution in [0.3, 0.4) is 0 Å². The summed E-state index contributed by atoms with van der Waals surface area (Å²) < 4.78 is 44.8. The van der Waals surface area contributed by atoms with Crippen molar-refractivity contribution in [2.45, 2.75) is 84.0 Å². The van der Waals surface area contributed by atoms with E-state index in [9.17, 15) is 8.42 Å². The van der Waals surface area contributed by atoms with E-state index in [0.717, 1.165) is 76.0 Å². The topological polar surface area (TPSA) is 82.1 Å². The normalized spacial score (nSPS) is 13.5. The molecule has 0 heterocycles. The van der Waals surface area contributed by atoms with Crippen molar-refractivity contribution in [3.63, 3.8) is 0 Å². The Morgan fingerprint density at radius 3 is 1.62 bits per heavy atom. The maximum atomic E-state index is 13.7. The Labute approximate surface area is 208 Å². The first-order chi connectivity index (χ1) is 16.3. The fourth-order valence-electron chi connectivity index (χ4n) is 4.46. The van der Waals surface area contributed by atoms with Crippen LogP contribution < -0.4 is 4.74 Å². The van der Waals surface area contributed by atoms with E-state index >= 15 is 0 Å². The Kier molecular flexibility index (Phi) is 14.8. The van der Waals surface area contributed by atoms with Crippen LogP contribution in [0.4, 0.5) is 0 Å². The molecular weight excluding hydrogens is 471 g/mol. The minimum absolute atomic E-state index is 0.0231. The van der Waals surface area contributed by atoms with Gasteiger partial charge in [0.05, 0.1) is 0 Å². The van der Waals surface area contributed by atoms with E-state index in [1.807, 2.05) is 0 Å². The molecule has 0 spiro atoms. The van der Waals surface area contributed by atoms with E-state index in [4.69, 9.17) is 18.6 Å². The monoisotopic (exact) mass is 520 g/mol. The summed E-state index contributed by atoms with van der Waals surface area (Å²) in [7, 11) is -3.90. The Morgan fingerprint density at radius 1 is 0.735 bits per heavy atom. The molecule has 1 aromatic carbocycles. The van der Waals surface area contributed by atoms with Crippen molar-refractivity contribution in [3.8, 4) is 5.75 Å². The van der Waals surface area contributed by atoms with Gasteiger partial charge in [0.2, 0.25) is 0 Å². The molecule has 6 nitrogen and oxygen atoms in total. The molecule has 0 atom stereocenters. The number of rotatable bonds is 21. The van der Waals surface area contributed by atoms with Gasteiger partial charge in [-0.15, -0.1) is 0 Å². The van der Waals surface area contributed by atoms with Crippen LogP contribution in [0.2, 0.25) is 0 Å². The average molecular weight is 521 g/mol. The second-order valence-corrected chi connectivity index (χ2v) is 16.8. The van der Waals surface area contributed by atoms with Crippen LogP contribution in [0, 0.1) is 0 Å². The van der Waals surface area contributed by atoms with Gasteiger partial charge in [0.1, 0.15) is 0 Å². The molecule has 200 valence electrons. The first-order valence-corrected chi connectivity index (χ1v) is 17.5. The molecule has 0 aromatic heterocycles. The van der Waals surface area contributed by atoms with E-state index < -0.39 is 16.9 Å². The second-order valence-electron chi connectivity index (χ2n) is 9.35. The van der Waals surface area contributed by atoms with Crippen molar-refractivity contribution in [2.24, 2.45) is 0 Å². The van der Waals surface area contributed by atoms with Gasteiger partial charge in [-0.05, 0) is 0 Å². The SMILES string of the molecule is CCCCP(CCCC)(CCCC)(CCCC)OS(=O)(=O)c1ccc(OCCOCCO)cc1. The molecule has 1 rings (SSSR count). The zero-order valence-electron chi connectivity index (χ0n) is 22.0. The van der Waals surface area contributed by atoms with E-state index in [-0.39, 0.29) is 18.1 Å². The van der Waals surface area contributed by atoms with Crippen molar-refractivity contribution in [1.29, 1.82) is 0 Å². The van der Waals surface area contributed by atoms with Crippen LogP contribution in [0.5, 0.6) is 5.75 Å². The molecule has 1 aromatic rings. The molecule has 0 fully saturated rings. The third-order valence-corrected chi connectivity index (χ3v) is 15.6. The summed E-state index contributed by atoms with van der Waals surface area (Å²) in [5, 5.41) is 8.75. The predicted octanol–water partition coefficient (Wildman–Crippen LogP) is 6.45. The molecule has 0 unspecified atom stereocenters. The van der Waals surface area contributed by atoms with E-state index in [1.54, 1.807) is 24.3 Å². The molecule has 1 N–H and O–H groups in total. The zero-order valence-corrected chi connectivity index (χ0v) is 23.7. The summed E-state index contributed by atoms with van der Waals surface area (Å²) in [6, 6.07) is 6.52.